The van der Waals surface area contributed by atoms with E-state index in [2.05, 4.69) is 30.3 Å². The summed E-state index contributed by atoms with van der Waals surface area (Å²) in [7, 11) is 0. The van der Waals surface area contributed by atoms with E-state index in [0.717, 1.165) is 0 Å². The van der Waals surface area contributed by atoms with Crippen molar-refractivity contribution in [1.29, 1.82) is 0 Å². The zero-order valence-electron chi connectivity index (χ0n) is 10.5. The zero-order chi connectivity index (χ0) is 12.6. The van der Waals surface area contributed by atoms with E-state index in [1.165, 1.54) is 42.4 Å². The predicted octanol–water partition coefficient (Wildman–Crippen LogP) is 4.99. The minimum absolute atomic E-state index is 0.116. The van der Waals surface area contributed by atoms with Crippen molar-refractivity contribution in [2.24, 2.45) is 5.92 Å². The van der Waals surface area contributed by atoms with Crippen LogP contribution in [0.4, 0.5) is 0 Å². The first-order valence-electron chi connectivity index (χ1n) is 6.75. The first kappa shape index (κ1) is 12.6. The molecule has 1 saturated carbocycles. The Bertz CT molecular complexity index is 466. The van der Waals surface area contributed by atoms with Crippen molar-refractivity contribution >= 4 is 29.3 Å². The molecule has 2 heteroatoms. The van der Waals surface area contributed by atoms with Gasteiger partial charge in [-0.15, -0.1) is 23.2 Å². The monoisotopic (exact) mass is 280 g/mol. The highest BCUT2D eigenvalue weighted by Gasteiger charge is 2.43. The van der Waals surface area contributed by atoms with Crippen LogP contribution in [-0.4, -0.2) is 11.8 Å². The Balaban J connectivity index is 2.08. The maximum Gasteiger partial charge on any atom is 0.0444 e. The average molecular weight is 281 g/mol. The van der Waals surface area contributed by atoms with Crippen molar-refractivity contribution in [3.8, 4) is 0 Å². The number of allylic oxidation sites excluding steroid dienone is 1. The molecule has 1 fully saturated rings. The maximum absolute atomic E-state index is 6.34. The minimum Gasteiger partial charge on any atom is -0.125 e. The zero-order valence-corrected chi connectivity index (χ0v) is 12.0. The summed E-state index contributed by atoms with van der Waals surface area (Å²) in [4.78, 5) is 0. The molecule has 96 valence electrons. The SMILES string of the molecule is ClCC1(CCl)C(C2CCCC2)=Cc2ccccc21. The largest absolute Gasteiger partial charge is 0.125 e. The molecule has 0 heterocycles. The van der Waals surface area contributed by atoms with Crippen LogP contribution in [0.25, 0.3) is 6.08 Å². The fraction of sp³-hybridized carbons (Fsp3) is 0.500. The molecule has 2 aliphatic rings. The van der Waals surface area contributed by atoms with Gasteiger partial charge in [0.1, 0.15) is 0 Å². The van der Waals surface area contributed by atoms with E-state index in [0.29, 0.717) is 17.7 Å². The number of benzene rings is 1. The second kappa shape index (κ2) is 4.90. The fourth-order valence-electron chi connectivity index (χ4n) is 3.60. The molecule has 1 aromatic carbocycles. The standard InChI is InChI=1S/C16H18Cl2/c17-10-16(11-18)14-8-4-3-7-13(14)9-15(16)12-5-1-2-6-12/h3-4,7-9,12H,1-2,5-6,10-11H2. The Morgan fingerprint density at radius 2 is 1.72 bits per heavy atom. The van der Waals surface area contributed by atoms with Crippen molar-refractivity contribution in [3.05, 3.63) is 41.0 Å². The topological polar surface area (TPSA) is 0 Å². The molecule has 18 heavy (non-hydrogen) atoms. The molecule has 3 rings (SSSR count). The molecule has 0 bridgehead atoms. The number of hydrogen-bond acceptors (Lipinski definition) is 0. The molecule has 2 aliphatic carbocycles. The number of halogens is 2. The van der Waals surface area contributed by atoms with E-state index >= 15 is 0 Å². The number of alkyl halides is 2. The molecule has 0 saturated heterocycles. The third-order valence-corrected chi connectivity index (χ3v) is 5.50. The van der Waals surface area contributed by atoms with Gasteiger partial charge in [0.05, 0.1) is 0 Å². The highest BCUT2D eigenvalue weighted by atomic mass is 35.5. The van der Waals surface area contributed by atoms with Crippen LogP contribution in [0.15, 0.2) is 29.8 Å². The van der Waals surface area contributed by atoms with Crippen LogP contribution in [0.5, 0.6) is 0 Å². The van der Waals surface area contributed by atoms with Gasteiger partial charge in [0, 0.05) is 17.2 Å². The number of hydrogen-bond donors (Lipinski definition) is 0. The van der Waals surface area contributed by atoms with Gasteiger partial charge in [0.15, 0.2) is 0 Å². The Morgan fingerprint density at radius 1 is 1.06 bits per heavy atom. The van der Waals surface area contributed by atoms with Crippen LogP contribution in [0.3, 0.4) is 0 Å². The van der Waals surface area contributed by atoms with Crippen molar-refractivity contribution in [2.45, 2.75) is 31.1 Å². The van der Waals surface area contributed by atoms with Crippen LogP contribution in [0.2, 0.25) is 0 Å². The first-order valence-corrected chi connectivity index (χ1v) is 7.82. The Kier molecular flexibility index (Phi) is 3.42. The van der Waals surface area contributed by atoms with Gasteiger partial charge in [-0.3, -0.25) is 0 Å². The van der Waals surface area contributed by atoms with Crippen molar-refractivity contribution in [1.82, 2.24) is 0 Å². The van der Waals surface area contributed by atoms with Gasteiger partial charge in [-0.2, -0.15) is 0 Å². The van der Waals surface area contributed by atoms with Crippen LogP contribution in [0.1, 0.15) is 36.8 Å². The molecule has 0 atom stereocenters. The minimum atomic E-state index is -0.116. The van der Waals surface area contributed by atoms with E-state index in [1.54, 1.807) is 0 Å². The molecule has 0 aliphatic heterocycles. The second-order valence-corrected chi connectivity index (χ2v) is 6.05. The van der Waals surface area contributed by atoms with Crippen molar-refractivity contribution in [2.75, 3.05) is 11.8 Å². The summed E-state index contributed by atoms with van der Waals surface area (Å²) in [5, 5.41) is 0. The lowest BCUT2D eigenvalue weighted by atomic mass is 9.75. The number of rotatable bonds is 3. The normalized spacial score (nSPS) is 22.0. The van der Waals surface area contributed by atoms with E-state index in [-0.39, 0.29) is 5.41 Å². The Labute approximate surface area is 119 Å². The third kappa shape index (κ3) is 1.73. The smallest absolute Gasteiger partial charge is 0.0444 e. The Morgan fingerprint density at radius 3 is 2.39 bits per heavy atom. The lowest BCUT2D eigenvalue weighted by molar-refractivity contribution is 0.521. The van der Waals surface area contributed by atoms with Crippen molar-refractivity contribution < 1.29 is 0 Å². The molecule has 1 aromatic rings. The summed E-state index contributed by atoms with van der Waals surface area (Å²) in [6.45, 7) is 0. The highest BCUT2D eigenvalue weighted by Crippen LogP contribution is 2.50. The van der Waals surface area contributed by atoms with Crippen LogP contribution >= 0.6 is 23.2 Å². The quantitative estimate of drug-likeness (QED) is 0.685. The maximum atomic E-state index is 6.34. The van der Waals surface area contributed by atoms with Crippen LogP contribution < -0.4 is 0 Å². The van der Waals surface area contributed by atoms with Gasteiger partial charge in [-0.05, 0) is 29.9 Å². The summed E-state index contributed by atoms with van der Waals surface area (Å²) >= 11 is 12.7. The fourth-order valence-corrected chi connectivity index (χ4v) is 4.48. The van der Waals surface area contributed by atoms with Gasteiger partial charge < -0.3 is 0 Å². The summed E-state index contributed by atoms with van der Waals surface area (Å²) in [6, 6.07) is 8.57. The van der Waals surface area contributed by atoms with Gasteiger partial charge in [0.25, 0.3) is 0 Å². The summed E-state index contributed by atoms with van der Waals surface area (Å²) in [6.07, 6.45) is 7.65. The van der Waals surface area contributed by atoms with Crippen LogP contribution in [0, 0.1) is 5.92 Å². The molecular weight excluding hydrogens is 263 g/mol. The lowest BCUT2D eigenvalue weighted by Crippen LogP contribution is -2.33. The van der Waals surface area contributed by atoms with E-state index < -0.39 is 0 Å². The van der Waals surface area contributed by atoms with E-state index in [4.69, 9.17) is 23.2 Å². The van der Waals surface area contributed by atoms with Gasteiger partial charge in [0.2, 0.25) is 0 Å². The molecular formula is C16H18Cl2. The summed E-state index contributed by atoms with van der Waals surface area (Å²) in [5.74, 6) is 1.88. The molecule has 0 aromatic heterocycles. The molecule has 0 nitrogen and oxygen atoms in total. The van der Waals surface area contributed by atoms with Gasteiger partial charge >= 0.3 is 0 Å². The van der Waals surface area contributed by atoms with Crippen molar-refractivity contribution in [3.63, 3.8) is 0 Å². The molecule has 0 N–H and O–H groups in total. The molecule has 0 amide bonds. The first-order chi connectivity index (χ1) is 8.81. The highest BCUT2D eigenvalue weighted by molar-refractivity contribution is 6.23. The number of fused-ring (bicyclic) bond motifs is 1. The molecule has 0 spiro atoms. The lowest BCUT2D eigenvalue weighted by Gasteiger charge is -2.33. The third-order valence-electron chi connectivity index (χ3n) is 4.59. The van der Waals surface area contributed by atoms with Gasteiger partial charge in [-0.1, -0.05) is 48.8 Å². The second-order valence-electron chi connectivity index (χ2n) is 5.52. The summed E-state index contributed by atoms with van der Waals surface area (Å²) in [5.41, 5.74) is 4.03. The van der Waals surface area contributed by atoms with E-state index in [9.17, 15) is 0 Å². The van der Waals surface area contributed by atoms with E-state index in [1.807, 2.05) is 0 Å². The predicted molar refractivity (Wildman–Crippen MR) is 79.5 cm³/mol. The summed E-state index contributed by atoms with van der Waals surface area (Å²) < 4.78 is 0. The van der Waals surface area contributed by atoms with Gasteiger partial charge in [-0.25, -0.2) is 0 Å². The Hall–Kier alpha value is -0.460. The van der Waals surface area contributed by atoms with Crippen LogP contribution in [-0.2, 0) is 5.41 Å². The average Bonchev–Trinajstić information content (AvgIpc) is 3.04. The molecule has 0 unspecified atom stereocenters. The molecule has 0 radical (unpaired) electrons.